The molecule has 1 aliphatic heterocycles. The van der Waals surface area contributed by atoms with E-state index in [4.69, 9.17) is 0 Å². The Morgan fingerprint density at radius 1 is 1.40 bits per heavy atom. The molecule has 10 heavy (non-hydrogen) atoms. The molecule has 0 aromatic rings. The fraction of sp³-hybridized carbons (Fsp3) is 0.875. The van der Waals surface area contributed by atoms with Crippen LogP contribution in [0, 0.1) is 7.43 Å². The van der Waals surface area contributed by atoms with Gasteiger partial charge in [-0.05, 0) is 0 Å². The van der Waals surface area contributed by atoms with Gasteiger partial charge in [0.05, 0.1) is 0 Å². The van der Waals surface area contributed by atoms with Gasteiger partial charge in [0.25, 0.3) is 0 Å². The summed E-state index contributed by atoms with van der Waals surface area (Å²) in [6.45, 7) is 4.42. The first-order valence-electron chi connectivity index (χ1n) is 3.53. The van der Waals surface area contributed by atoms with Crippen LogP contribution < -0.4 is 0 Å². The molecular formula is C8H17NY-2. The van der Waals surface area contributed by atoms with Gasteiger partial charge in [0, 0.05) is 32.7 Å². The summed E-state index contributed by atoms with van der Waals surface area (Å²) in [5.41, 5.74) is 0. The number of rotatable bonds is 1. The summed E-state index contributed by atoms with van der Waals surface area (Å²) in [7, 11) is 0. The first-order valence-corrected chi connectivity index (χ1v) is 3.53. The van der Waals surface area contributed by atoms with E-state index in [0.717, 1.165) is 0 Å². The maximum Gasteiger partial charge on any atom is 0 e. The van der Waals surface area contributed by atoms with Crippen molar-refractivity contribution in [3.63, 3.8) is 0 Å². The van der Waals surface area contributed by atoms with Crippen LogP contribution in [0.15, 0.2) is 0 Å². The van der Waals surface area contributed by atoms with E-state index in [1.165, 1.54) is 19.3 Å². The summed E-state index contributed by atoms with van der Waals surface area (Å²) in [6.07, 6.45) is 3.89. The van der Waals surface area contributed by atoms with Crippen molar-refractivity contribution in [2.75, 3.05) is 0 Å². The summed E-state index contributed by atoms with van der Waals surface area (Å²) < 4.78 is 0. The van der Waals surface area contributed by atoms with Crippen LogP contribution in [0.1, 0.15) is 33.1 Å². The molecule has 0 N–H and O–H groups in total. The Hall–Kier alpha value is 1.06. The Bertz CT molecular complexity index is 75.7. The molecule has 0 amide bonds. The average Bonchev–Trinajstić information content (AvgIpc) is 2.14. The van der Waals surface area contributed by atoms with Crippen LogP contribution in [0.3, 0.4) is 0 Å². The zero-order valence-corrected chi connectivity index (χ0v) is 10.1. The first-order chi connectivity index (χ1) is 3.83. The average molecular weight is 216 g/mol. The quantitative estimate of drug-likeness (QED) is 0.598. The monoisotopic (exact) mass is 216 g/mol. The standard InChI is InChI=1S/C7H14N.CH3.Y/c1-3-7-5-4-6(2)8-7;;/h6-7H,3-5H2,1-2H3;1H3;/q2*-1;/t6-,7?;;/m0../s1. The molecule has 1 fully saturated rings. The Morgan fingerprint density at radius 3 is 2.20 bits per heavy atom. The maximum absolute atomic E-state index is 4.51. The van der Waals surface area contributed by atoms with E-state index in [-0.39, 0.29) is 40.1 Å². The molecule has 0 aromatic carbocycles. The zero-order valence-electron chi connectivity index (χ0n) is 7.30. The van der Waals surface area contributed by atoms with Crippen LogP contribution in [-0.4, -0.2) is 12.1 Å². The van der Waals surface area contributed by atoms with Crippen LogP contribution in [0.25, 0.3) is 5.32 Å². The van der Waals surface area contributed by atoms with Crippen LogP contribution >= 0.6 is 0 Å². The zero-order chi connectivity index (χ0) is 5.98. The van der Waals surface area contributed by atoms with E-state index in [2.05, 4.69) is 19.2 Å². The minimum absolute atomic E-state index is 0. The molecule has 1 radical (unpaired) electrons. The van der Waals surface area contributed by atoms with Gasteiger partial charge >= 0.3 is 0 Å². The molecule has 1 heterocycles. The predicted molar refractivity (Wildman–Crippen MR) is 42.5 cm³/mol. The molecule has 2 heteroatoms. The molecule has 0 spiro atoms. The topological polar surface area (TPSA) is 14.1 Å². The van der Waals surface area contributed by atoms with Gasteiger partial charge in [-0.1, -0.05) is 33.1 Å². The van der Waals surface area contributed by atoms with Crippen molar-refractivity contribution in [3.8, 4) is 0 Å². The molecule has 0 aromatic heterocycles. The summed E-state index contributed by atoms with van der Waals surface area (Å²) >= 11 is 0. The molecule has 0 aliphatic carbocycles. The minimum atomic E-state index is 0. The van der Waals surface area contributed by atoms with Crippen molar-refractivity contribution in [3.05, 3.63) is 12.7 Å². The molecule has 0 bridgehead atoms. The third-order valence-electron chi connectivity index (χ3n) is 1.85. The molecule has 2 atom stereocenters. The van der Waals surface area contributed by atoms with Crippen LogP contribution in [-0.2, 0) is 32.7 Å². The minimum Gasteiger partial charge on any atom is -0.657 e. The van der Waals surface area contributed by atoms with Gasteiger partial charge in [-0.15, -0.1) is 12.1 Å². The maximum atomic E-state index is 4.51. The largest absolute Gasteiger partial charge is 0.657 e. The van der Waals surface area contributed by atoms with Gasteiger partial charge in [0.2, 0.25) is 0 Å². The van der Waals surface area contributed by atoms with Crippen molar-refractivity contribution in [2.24, 2.45) is 0 Å². The Morgan fingerprint density at radius 2 is 2.00 bits per heavy atom. The third-order valence-corrected chi connectivity index (χ3v) is 1.85. The van der Waals surface area contributed by atoms with Crippen molar-refractivity contribution < 1.29 is 32.7 Å². The SMILES string of the molecule is CCC1CC[C@H](C)[N-]1.[CH3-].[Y]. The molecule has 1 unspecified atom stereocenters. The molecule has 1 nitrogen and oxygen atoms in total. The second kappa shape index (κ2) is 6.75. The van der Waals surface area contributed by atoms with Crippen LogP contribution in [0.4, 0.5) is 0 Å². The first kappa shape index (κ1) is 13.6. The number of hydrogen-bond acceptors (Lipinski definition) is 0. The fourth-order valence-electron chi connectivity index (χ4n) is 1.25. The van der Waals surface area contributed by atoms with E-state index in [0.29, 0.717) is 12.1 Å². The molecular weight excluding hydrogens is 199 g/mol. The van der Waals surface area contributed by atoms with Crippen LogP contribution in [0.5, 0.6) is 0 Å². The Kier molecular flexibility index (Phi) is 9.21. The van der Waals surface area contributed by atoms with Crippen molar-refractivity contribution in [1.29, 1.82) is 0 Å². The molecule has 1 saturated heterocycles. The summed E-state index contributed by atoms with van der Waals surface area (Å²) in [4.78, 5) is 0. The number of hydrogen-bond donors (Lipinski definition) is 0. The molecule has 59 valence electrons. The molecule has 0 saturated carbocycles. The van der Waals surface area contributed by atoms with E-state index in [1.54, 1.807) is 0 Å². The number of nitrogens with zero attached hydrogens (tertiary/aromatic N) is 1. The van der Waals surface area contributed by atoms with E-state index >= 15 is 0 Å². The van der Waals surface area contributed by atoms with E-state index in [9.17, 15) is 0 Å². The van der Waals surface area contributed by atoms with Gasteiger partial charge in [-0.3, -0.25) is 0 Å². The smallest absolute Gasteiger partial charge is 0 e. The van der Waals surface area contributed by atoms with Crippen LogP contribution in [0.2, 0.25) is 0 Å². The van der Waals surface area contributed by atoms with E-state index in [1.807, 2.05) is 0 Å². The summed E-state index contributed by atoms with van der Waals surface area (Å²) in [5.74, 6) is 0. The Balaban J connectivity index is 0. The van der Waals surface area contributed by atoms with Crippen molar-refractivity contribution >= 4 is 0 Å². The molecule has 1 rings (SSSR count). The van der Waals surface area contributed by atoms with Crippen molar-refractivity contribution in [2.45, 2.75) is 45.2 Å². The fourth-order valence-corrected chi connectivity index (χ4v) is 1.25. The van der Waals surface area contributed by atoms with Gasteiger partial charge in [-0.2, -0.15) is 0 Å². The molecule has 1 aliphatic rings. The second-order valence-electron chi connectivity index (χ2n) is 2.64. The second-order valence-corrected chi connectivity index (χ2v) is 2.64. The van der Waals surface area contributed by atoms with Gasteiger partial charge in [0.1, 0.15) is 0 Å². The predicted octanol–water partition coefficient (Wildman–Crippen LogP) is 2.77. The Labute approximate surface area is 90.2 Å². The normalized spacial score (nSPS) is 30.6. The van der Waals surface area contributed by atoms with Gasteiger partial charge < -0.3 is 12.7 Å². The van der Waals surface area contributed by atoms with Crippen molar-refractivity contribution in [1.82, 2.24) is 0 Å². The van der Waals surface area contributed by atoms with Gasteiger partial charge in [-0.25, -0.2) is 0 Å². The van der Waals surface area contributed by atoms with E-state index < -0.39 is 0 Å². The summed E-state index contributed by atoms with van der Waals surface area (Å²) in [6, 6.07) is 1.35. The summed E-state index contributed by atoms with van der Waals surface area (Å²) in [5, 5.41) is 4.51. The third kappa shape index (κ3) is 4.05. The van der Waals surface area contributed by atoms with Gasteiger partial charge in [0.15, 0.2) is 0 Å².